The summed E-state index contributed by atoms with van der Waals surface area (Å²) in [6.07, 6.45) is 0. The van der Waals surface area contributed by atoms with Crippen LogP contribution in [0.2, 0.25) is 5.02 Å². The fourth-order valence-corrected chi connectivity index (χ4v) is 1.06. The zero-order valence-corrected chi connectivity index (χ0v) is 7.39. The zero-order chi connectivity index (χ0) is 8.48. The standard InChI is InChI=1S/C9H11ClO/c1-9(2,11)7-4-3-5-8(10)6-7/h3-6,11H,1-2H3. The monoisotopic (exact) mass is 170 g/mol. The van der Waals surface area contributed by atoms with Crippen LogP contribution in [0, 0.1) is 0 Å². The van der Waals surface area contributed by atoms with E-state index in [2.05, 4.69) is 0 Å². The molecule has 0 radical (unpaired) electrons. The van der Waals surface area contributed by atoms with Crippen molar-refractivity contribution in [3.05, 3.63) is 34.9 Å². The van der Waals surface area contributed by atoms with Gasteiger partial charge in [-0.2, -0.15) is 0 Å². The summed E-state index contributed by atoms with van der Waals surface area (Å²) in [5, 5.41) is 10.2. The highest BCUT2D eigenvalue weighted by Crippen LogP contribution is 2.21. The van der Waals surface area contributed by atoms with Crippen molar-refractivity contribution in [3.63, 3.8) is 0 Å². The van der Waals surface area contributed by atoms with E-state index in [0.29, 0.717) is 5.02 Å². The molecule has 1 N–H and O–H groups in total. The second-order valence-corrected chi connectivity index (χ2v) is 3.51. The number of aliphatic hydroxyl groups is 1. The highest BCUT2D eigenvalue weighted by Gasteiger charge is 2.14. The molecule has 1 aromatic rings. The average Bonchev–Trinajstić information content (AvgIpc) is 1.86. The summed E-state index contributed by atoms with van der Waals surface area (Å²) in [5.41, 5.74) is 0.0373. The van der Waals surface area contributed by atoms with E-state index in [4.69, 9.17) is 11.6 Å². The Kier molecular flexibility index (Phi) is 2.21. The fraction of sp³-hybridized carbons (Fsp3) is 0.333. The number of hydrogen-bond donors (Lipinski definition) is 1. The van der Waals surface area contributed by atoms with Crippen molar-refractivity contribution >= 4 is 11.6 Å². The number of rotatable bonds is 1. The molecule has 60 valence electrons. The van der Waals surface area contributed by atoms with Gasteiger partial charge >= 0.3 is 0 Å². The van der Waals surface area contributed by atoms with Crippen LogP contribution in [0.15, 0.2) is 24.3 Å². The van der Waals surface area contributed by atoms with Gasteiger partial charge in [-0.3, -0.25) is 0 Å². The molecule has 11 heavy (non-hydrogen) atoms. The summed E-state index contributed by atoms with van der Waals surface area (Å²) in [4.78, 5) is 0. The number of benzene rings is 1. The normalized spacial score (nSPS) is 11.6. The Morgan fingerprint density at radius 2 is 2.00 bits per heavy atom. The van der Waals surface area contributed by atoms with Crippen LogP contribution in [0.3, 0.4) is 0 Å². The number of hydrogen-bond acceptors (Lipinski definition) is 1. The van der Waals surface area contributed by atoms with Crippen molar-refractivity contribution in [3.8, 4) is 0 Å². The van der Waals surface area contributed by atoms with Gasteiger partial charge < -0.3 is 5.11 Å². The molecule has 0 heterocycles. The Labute approximate surface area is 71.6 Å². The first-order chi connectivity index (χ1) is 5.00. The van der Waals surface area contributed by atoms with Gasteiger partial charge in [-0.15, -0.1) is 0 Å². The molecular formula is C9H11ClO. The van der Waals surface area contributed by atoms with Gasteiger partial charge in [0.1, 0.15) is 0 Å². The predicted molar refractivity (Wildman–Crippen MR) is 46.7 cm³/mol. The highest BCUT2D eigenvalue weighted by molar-refractivity contribution is 6.30. The molecule has 1 aromatic carbocycles. The van der Waals surface area contributed by atoms with Crippen molar-refractivity contribution in [2.45, 2.75) is 19.4 Å². The lowest BCUT2D eigenvalue weighted by molar-refractivity contribution is 0.0786. The molecule has 0 aliphatic heterocycles. The van der Waals surface area contributed by atoms with Crippen LogP contribution in [0.25, 0.3) is 0 Å². The van der Waals surface area contributed by atoms with Gasteiger partial charge in [-0.05, 0) is 31.5 Å². The molecule has 0 aromatic heterocycles. The zero-order valence-electron chi connectivity index (χ0n) is 6.63. The Balaban J connectivity index is 3.06. The minimum Gasteiger partial charge on any atom is -0.386 e. The van der Waals surface area contributed by atoms with Gasteiger partial charge in [0.2, 0.25) is 0 Å². The van der Waals surface area contributed by atoms with E-state index < -0.39 is 5.60 Å². The van der Waals surface area contributed by atoms with Gasteiger partial charge in [0.05, 0.1) is 5.60 Å². The Morgan fingerprint density at radius 1 is 1.36 bits per heavy atom. The highest BCUT2D eigenvalue weighted by atomic mass is 35.5. The third-order valence-electron chi connectivity index (χ3n) is 1.53. The smallest absolute Gasteiger partial charge is 0.0841 e. The van der Waals surface area contributed by atoms with Crippen molar-refractivity contribution in [1.29, 1.82) is 0 Å². The van der Waals surface area contributed by atoms with Gasteiger partial charge in [0.25, 0.3) is 0 Å². The molecule has 0 spiro atoms. The molecule has 0 aliphatic rings. The lowest BCUT2D eigenvalue weighted by atomic mass is 9.99. The van der Waals surface area contributed by atoms with E-state index in [9.17, 15) is 5.11 Å². The lowest BCUT2D eigenvalue weighted by Gasteiger charge is -2.17. The molecule has 1 nitrogen and oxygen atoms in total. The second kappa shape index (κ2) is 2.84. The van der Waals surface area contributed by atoms with Gasteiger partial charge in [0.15, 0.2) is 0 Å². The van der Waals surface area contributed by atoms with E-state index in [1.54, 1.807) is 26.0 Å². The van der Waals surface area contributed by atoms with Crippen LogP contribution in [-0.4, -0.2) is 5.11 Å². The molecule has 0 unspecified atom stereocenters. The van der Waals surface area contributed by atoms with Crippen LogP contribution < -0.4 is 0 Å². The first kappa shape index (κ1) is 8.57. The minimum absolute atomic E-state index is 0.657. The van der Waals surface area contributed by atoms with Crippen LogP contribution in [0.5, 0.6) is 0 Å². The third kappa shape index (κ3) is 2.21. The van der Waals surface area contributed by atoms with E-state index >= 15 is 0 Å². The molecule has 0 saturated heterocycles. The largest absolute Gasteiger partial charge is 0.386 e. The SMILES string of the molecule is CC(C)(O)c1cccc(Cl)c1. The van der Waals surface area contributed by atoms with Crippen LogP contribution in [0.4, 0.5) is 0 Å². The minimum atomic E-state index is -0.801. The summed E-state index contributed by atoms with van der Waals surface area (Å²) in [5.74, 6) is 0. The van der Waals surface area contributed by atoms with Gasteiger partial charge in [0, 0.05) is 5.02 Å². The summed E-state index contributed by atoms with van der Waals surface area (Å²) in [7, 11) is 0. The van der Waals surface area contributed by atoms with Crippen molar-refractivity contribution in [2.75, 3.05) is 0 Å². The molecule has 1 rings (SSSR count). The maximum atomic E-state index is 9.55. The molecule has 0 atom stereocenters. The van der Waals surface area contributed by atoms with E-state index in [1.807, 2.05) is 12.1 Å². The third-order valence-corrected chi connectivity index (χ3v) is 1.77. The van der Waals surface area contributed by atoms with Gasteiger partial charge in [-0.1, -0.05) is 23.7 Å². The molecule has 0 aliphatic carbocycles. The van der Waals surface area contributed by atoms with Crippen molar-refractivity contribution in [2.24, 2.45) is 0 Å². The maximum Gasteiger partial charge on any atom is 0.0841 e. The summed E-state index contributed by atoms with van der Waals surface area (Å²) in [6, 6.07) is 7.24. The second-order valence-electron chi connectivity index (χ2n) is 3.07. The Bertz CT molecular complexity index is 250. The van der Waals surface area contributed by atoms with E-state index in [0.717, 1.165) is 5.56 Å². The molecule has 2 heteroatoms. The molecule has 0 saturated carbocycles. The summed E-state index contributed by atoms with van der Waals surface area (Å²) >= 11 is 5.74. The van der Waals surface area contributed by atoms with E-state index in [-0.39, 0.29) is 0 Å². The van der Waals surface area contributed by atoms with E-state index in [1.165, 1.54) is 0 Å². The summed E-state index contributed by atoms with van der Waals surface area (Å²) < 4.78 is 0. The molecule has 0 bridgehead atoms. The molecule has 0 amide bonds. The first-order valence-electron chi connectivity index (χ1n) is 3.48. The number of halogens is 1. The summed E-state index contributed by atoms with van der Waals surface area (Å²) in [6.45, 7) is 3.47. The average molecular weight is 171 g/mol. The fourth-order valence-electron chi connectivity index (χ4n) is 0.869. The van der Waals surface area contributed by atoms with Crippen molar-refractivity contribution in [1.82, 2.24) is 0 Å². The van der Waals surface area contributed by atoms with Crippen LogP contribution >= 0.6 is 11.6 Å². The van der Waals surface area contributed by atoms with Crippen LogP contribution in [-0.2, 0) is 5.60 Å². The van der Waals surface area contributed by atoms with Crippen molar-refractivity contribution < 1.29 is 5.11 Å². The predicted octanol–water partition coefficient (Wildman–Crippen LogP) is 2.57. The Morgan fingerprint density at radius 3 is 2.36 bits per heavy atom. The molecule has 0 fully saturated rings. The first-order valence-corrected chi connectivity index (χ1v) is 3.86. The molecular weight excluding hydrogens is 160 g/mol. The topological polar surface area (TPSA) is 20.2 Å². The lowest BCUT2D eigenvalue weighted by Crippen LogP contribution is -2.14. The quantitative estimate of drug-likeness (QED) is 0.687. The van der Waals surface area contributed by atoms with Crippen LogP contribution in [0.1, 0.15) is 19.4 Å². The Hall–Kier alpha value is -0.530. The van der Waals surface area contributed by atoms with Gasteiger partial charge in [-0.25, -0.2) is 0 Å². The maximum absolute atomic E-state index is 9.55.